The Morgan fingerprint density at radius 2 is 1.83 bits per heavy atom. The second-order valence-electron chi connectivity index (χ2n) is 2.19. The zero-order valence-corrected chi connectivity index (χ0v) is 9.56. The Morgan fingerprint density at radius 1 is 1.25 bits per heavy atom. The van der Waals surface area contributed by atoms with Crippen molar-refractivity contribution in [3.8, 4) is 5.75 Å². The Kier molecular flexibility index (Phi) is 4.16. The van der Waals surface area contributed by atoms with Crippen LogP contribution in [0.5, 0.6) is 5.75 Å². The van der Waals surface area contributed by atoms with Crippen LogP contribution in [0.2, 0.25) is 6.32 Å². The molecule has 0 heterocycles. The van der Waals surface area contributed by atoms with Gasteiger partial charge in [-0.2, -0.15) is 0 Å². The summed E-state index contributed by atoms with van der Waals surface area (Å²) in [7, 11) is 5.32. The summed E-state index contributed by atoms with van der Waals surface area (Å²) in [6.45, 7) is 0.529. The van der Waals surface area contributed by atoms with Crippen molar-refractivity contribution < 1.29 is 4.74 Å². The first kappa shape index (κ1) is 10.1. The first-order valence-corrected chi connectivity index (χ1v) is 5.11. The van der Waals surface area contributed by atoms with E-state index in [1.54, 1.807) is 0 Å². The highest BCUT2D eigenvalue weighted by Crippen LogP contribution is 2.32. The molecule has 0 aliphatic rings. The number of hydrogen-bond donors (Lipinski definition) is 0. The number of benzene rings is 1. The predicted octanol–water partition coefficient (Wildman–Crippen LogP) is 3.18. The molecule has 0 fully saturated rings. The lowest BCUT2D eigenvalue weighted by atomic mass is 10.1. The third kappa shape index (κ3) is 2.52. The predicted molar refractivity (Wildman–Crippen MR) is 57.9 cm³/mol. The highest BCUT2D eigenvalue weighted by Gasteiger charge is 2.03. The fraction of sp³-hybridized carbons (Fsp3) is 0.250. The molecule has 1 nitrogen and oxygen atoms in total. The van der Waals surface area contributed by atoms with Crippen LogP contribution in [-0.4, -0.2) is 14.5 Å². The Bertz CT molecular complexity index is 245. The standard InChI is InChI=1S/C8H7BBr2O/c9-4-5-12-8-6(10)2-1-3-7(8)11/h1-3H,4-5H2. The fourth-order valence-corrected chi connectivity index (χ4v) is 2.01. The summed E-state index contributed by atoms with van der Waals surface area (Å²) >= 11 is 6.76. The third-order valence-corrected chi connectivity index (χ3v) is 2.53. The normalized spacial score (nSPS) is 9.83. The molecule has 0 aromatic heterocycles. The first-order valence-electron chi connectivity index (χ1n) is 3.52. The van der Waals surface area contributed by atoms with E-state index in [4.69, 9.17) is 12.6 Å². The minimum Gasteiger partial charge on any atom is -0.492 e. The van der Waals surface area contributed by atoms with Crippen LogP contribution in [0.4, 0.5) is 0 Å². The summed E-state index contributed by atoms with van der Waals surface area (Å²) < 4.78 is 7.27. The smallest absolute Gasteiger partial charge is 0.147 e. The van der Waals surface area contributed by atoms with Gasteiger partial charge in [-0.15, -0.1) is 0 Å². The number of halogens is 2. The van der Waals surface area contributed by atoms with Gasteiger partial charge in [0.2, 0.25) is 0 Å². The van der Waals surface area contributed by atoms with Gasteiger partial charge in [0, 0.05) is 0 Å². The van der Waals surface area contributed by atoms with Crippen molar-refractivity contribution in [2.45, 2.75) is 6.32 Å². The quantitative estimate of drug-likeness (QED) is 0.777. The molecule has 0 N–H and O–H groups in total. The molecule has 2 radical (unpaired) electrons. The molecule has 0 saturated carbocycles. The van der Waals surface area contributed by atoms with Crippen molar-refractivity contribution >= 4 is 39.7 Å². The molecule has 1 rings (SSSR count). The second-order valence-corrected chi connectivity index (χ2v) is 3.90. The van der Waals surface area contributed by atoms with Crippen LogP contribution in [-0.2, 0) is 0 Å². The van der Waals surface area contributed by atoms with Gasteiger partial charge in [-0.05, 0) is 44.0 Å². The van der Waals surface area contributed by atoms with Crippen molar-refractivity contribution in [2.75, 3.05) is 6.61 Å². The maximum atomic E-state index is 5.40. The lowest BCUT2D eigenvalue weighted by Gasteiger charge is -2.08. The van der Waals surface area contributed by atoms with E-state index in [2.05, 4.69) is 31.9 Å². The van der Waals surface area contributed by atoms with Crippen LogP contribution >= 0.6 is 31.9 Å². The molecule has 0 aliphatic carbocycles. The van der Waals surface area contributed by atoms with Crippen molar-refractivity contribution in [3.05, 3.63) is 27.1 Å². The van der Waals surface area contributed by atoms with Gasteiger partial charge in [-0.25, -0.2) is 0 Å². The Balaban J connectivity index is 2.81. The van der Waals surface area contributed by atoms with Gasteiger partial charge in [-0.3, -0.25) is 0 Å². The Hall–Kier alpha value is 0.0449. The lowest BCUT2D eigenvalue weighted by Crippen LogP contribution is -1.97. The van der Waals surface area contributed by atoms with E-state index in [9.17, 15) is 0 Å². The summed E-state index contributed by atoms with van der Waals surface area (Å²) in [5.41, 5.74) is 0. The van der Waals surface area contributed by atoms with Gasteiger partial charge in [0.1, 0.15) is 5.75 Å². The Labute approximate surface area is 90.2 Å². The molecule has 0 unspecified atom stereocenters. The zero-order valence-electron chi connectivity index (χ0n) is 6.39. The summed E-state index contributed by atoms with van der Waals surface area (Å²) in [5, 5.41) is 0. The lowest BCUT2D eigenvalue weighted by molar-refractivity contribution is 0.336. The molecular weight excluding hydrogens is 283 g/mol. The molecule has 0 atom stereocenters. The monoisotopic (exact) mass is 288 g/mol. The number of para-hydroxylation sites is 1. The summed E-state index contributed by atoms with van der Waals surface area (Å²) in [6.07, 6.45) is 0.522. The topological polar surface area (TPSA) is 9.23 Å². The van der Waals surface area contributed by atoms with E-state index in [0.29, 0.717) is 12.9 Å². The van der Waals surface area contributed by atoms with Crippen LogP contribution in [0, 0.1) is 0 Å². The van der Waals surface area contributed by atoms with Gasteiger partial charge < -0.3 is 4.74 Å². The van der Waals surface area contributed by atoms with E-state index in [-0.39, 0.29) is 0 Å². The van der Waals surface area contributed by atoms with E-state index < -0.39 is 0 Å². The number of rotatable bonds is 3. The molecule has 1 aromatic rings. The summed E-state index contributed by atoms with van der Waals surface area (Å²) in [4.78, 5) is 0. The fourth-order valence-electron chi connectivity index (χ4n) is 0.781. The van der Waals surface area contributed by atoms with Gasteiger partial charge in [0.25, 0.3) is 0 Å². The second kappa shape index (κ2) is 4.92. The molecule has 0 spiro atoms. The Morgan fingerprint density at radius 3 is 2.33 bits per heavy atom. The molecule has 0 bridgehead atoms. The molecule has 12 heavy (non-hydrogen) atoms. The minimum absolute atomic E-state index is 0.522. The highest BCUT2D eigenvalue weighted by molar-refractivity contribution is 9.11. The number of ether oxygens (including phenoxy) is 1. The third-order valence-electron chi connectivity index (χ3n) is 1.28. The minimum atomic E-state index is 0.522. The van der Waals surface area contributed by atoms with Crippen molar-refractivity contribution in [3.63, 3.8) is 0 Å². The average Bonchev–Trinajstić information content (AvgIpc) is 2.04. The molecule has 0 aliphatic heterocycles. The van der Waals surface area contributed by atoms with Gasteiger partial charge in [0.15, 0.2) is 0 Å². The first-order chi connectivity index (χ1) is 5.75. The van der Waals surface area contributed by atoms with Crippen LogP contribution in [0.3, 0.4) is 0 Å². The van der Waals surface area contributed by atoms with Crippen molar-refractivity contribution in [1.82, 2.24) is 0 Å². The summed E-state index contributed by atoms with van der Waals surface area (Å²) in [6, 6.07) is 5.79. The van der Waals surface area contributed by atoms with E-state index in [1.807, 2.05) is 18.2 Å². The molecular formula is C8H7BBr2O. The molecule has 0 amide bonds. The number of hydrogen-bond acceptors (Lipinski definition) is 1. The SMILES string of the molecule is [B]CCOc1c(Br)cccc1Br. The summed E-state index contributed by atoms with van der Waals surface area (Å²) in [5.74, 6) is 0.808. The zero-order chi connectivity index (χ0) is 8.97. The molecule has 1 aromatic carbocycles. The molecule has 62 valence electrons. The van der Waals surface area contributed by atoms with Crippen LogP contribution in [0.25, 0.3) is 0 Å². The van der Waals surface area contributed by atoms with Gasteiger partial charge in [0.05, 0.1) is 23.4 Å². The maximum absolute atomic E-state index is 5.40. The van der Waals surface area contributed by atoms with Crippen molar-refractivity contribution in [2.24, 2.45) is 0 Å². The van der Waals surface area contributed by atoms with Crippen LogP contribution in [0.1, 0.15) is 0 Å². The van der Waals surface area contributed by atoms with E-state index in [0.717, 1.165) is 14.7 Å². The maximum Gasteiger partial charge on any atom is 0.147 e. The molecule has 0 saturated heterocycles. The van der Waals surface area contributed by atoms with Crippen LogP contribution in [0.15, 0.2) is 27.1 Å². The van der Waals surface area contributed by atoms with Gasteiger partial charge in [-0.1, -0.05) is 12.4 Å². The van der Waals surface area contributed by atoms with Gasteiger partial charge >= 0.3 is 0 Å². The highest BCUT2D eigenvalue weighted by atomic mass is 79.9. The molecule has 4 heteroatoms. The largest absolute Gasteiger partial charge is 0.492 e. The van der Waals surface area contributed by atoms with Crippen LogP contribution < -0.4 is 4.74 Å². The van der Waals surface area contributed by atoms with E-state index in [1.165, 1.54) is 0 Å². The van der Waals surface area contributed by atoms with Crippen molar-refractivity contribution in [1.29, 1.82) is 0 Å². The average molecular weight is 290 g/mol. The van der Waals surface area contributed by atoms with E-state index >= 15 is 0 Å².